The second-order valence-corrected chi connectivity index (χ2v) is 6.58. The van der Waals surface area contributed by atoms with E-state index in [2.05, 4.69) is 0 Å². The molecule has 0 spiro atoms. The highest BCUT2D eigenvalue weighted by molar-refractivity contribution is 6.30. The van der Waals surface area contributed by atoms with E-state index < -0.39 is 40.3 Å². The van der Waals surface area contributed by atoms with Gasteiger partial charge in [-0.1, -0.05) is 29.8 Å². The van der Waals surface area contributed by atoms with Crippen molar-refractivity contribution in [3.63, 3.8) is 0 Å². The molecule has 0 atom stereocenters. The first kappa shape index (κ1) is 20.9. The van der Waals surface area contributed by atoms with Crippen molar-refractivity contribution in [3.8, 4) is 16.9 Å². The number of H-pyrrole nitrogens is 1. The number of rotatable bonds is 6. The molecule has 0 unspecified atom stereocenters. The molecule has 0 amide bonds. The first-order chi connectivity index (χ1) is 14.2. The van der Waals surface area contributed by atoms with Crippen LogP contribution in [0.1, 0.15) is 26.3 Å². The second-order valence-electron chi connectivity index (χ2n) is 6.17. The number of hydrogen-bond acceptors (Lipinski definition) is 5. The number of aromatic amines is 1. The zero-order valence-electron chi connectivity index (χ0n) is 15.1. The molecule has 0 radical (unpaired) electrons. The predicted octanol–water partition coefficient (Wildman–Crippen LogP) is 3.39. The van der Waals surface area contributed by atoms with E-state index in [4.69, 9.17) is 22.1 Å². The van der Waals surface area contributed by atoms with Gasteiger partial charge in [0.1, 0.15) is 35.1 Å². The summed E-state index contributed by atoms with van der Waals surface area (Å²) in [7, 11) is 0. The van der Waals surface area contributed by atoms with Gasteiger partial charge >= 0.3 is 11.9 Å². The van der Waals surface area contributed by atoms with Crippen LogP contribution in [0.4, 0.5) is 10.2 Å². The van der Waals surface area contributed by atoms with E-state index in [0.29, 0.717) is 5.56 Å². The summed E-state index contributed by atoms with van der Waals surface area (Å²) in [6.45, 7) is 0.0124. The number of carboxylic acid groups (broad SMARTS) is 2. The van der Waals surface area contributed by atoms with Gasteiger partial charge < -0.3 is 25.7 Å². The molecule has 0 bridgehead atoms. The maximum absolute atomic E-state index is 13.3. The Morgan fingerprint density at radius 1 is 1.10 bits per heavy atom. The lowest BCUT2D eigenvalue weighted by Gasteiger charge is -2.13. The molecule has 0 saturated heterocycles. The van der Waals surface area contributed by atoms with E-state index in [1.807, 2.05) is 4.98 Å². The minimum atomic E-state index is -1.61. The van der Waals surface area contributed by atoms with Crippen LogP contribution in [0.25, 0.3) is 11.1 Å². The third-order valence-corrected chi connectivity index (χ3v) is 4.47. The minimum absolute atomic E-state index is 0.0124. The summed E-state index contributed by atoms with van der Waals surface area (Å²) in [5.41, 5.74) is 3.62. The summed E-state index contributed by atoms with van der Waals surface area (Å²) < 4.78 is 18.9. The van der Waals surface area contributed by atoms with Gasteiger partial charge in [-0.05, 0) is 35.4 Å². The van der Waals surface area contributed by atoms with Crippen molar-refractivity contribution in [1.29, 1.82) is 0 Å². The van der Waals surface area contributed by atoms with Gasteiger partial charge in [0.25, 0.3) is 5.56 Å². The van der Waals surface area contributed by atoms with Crippen molar-refractivity contribution in [1.82, 2.24) is 4.98 Å². The number of anilines is 1. The lowest BCUT2D eigenvalue weighted by Crippen LogP contribution is -2.24. The molecule has 30 heavy (non-hydrogen) atoms. The summed E-state index contributed by atoms with van der Waals surface area (Å²) in [5, 5.41) is 18.9. The average Bonchev–Trinajstić information content (AvgIpc) is 2.67. The topological polar surface area (TPSA) is 143 Å². The number of nitrogens with two attached hydrogens (primary N) is 1. The normalized spacial score (nSPS) is 10.6. The Hall–Kier alpha value is -3.85. The Labute approximate surface area is 173 Å². The van der Waals surface area contributed by atoms with Crippen molar-refractivity contribution in [3.05, 3.63) is 80.3 Å². The first-order valence-corrected chi connectivity index (χ1v) is 8.76. The smallest absolute Gasteiger partial charge is 0.342 e. The summed E-state index contributed by atoms with van der Waals surface area (Å²) >= 11 is 5.74. The zero-order chi connectivity index (χ0) is 22.0. The van der Waals surface area contributed by atoms with Crippen molar-refractivity contribution < 1.29 is 28.9 Å². The average molecular weight is 433 g/mol. The Morgan fingerprint density at radius 2 is 1.80 bits per heavy atom. The number of halogens is 2. The molecule has 0 saturated carbocycles. The van der Waals surface area contributed by atoms with E-state index in [1.54, 1.807) is 6.07 Å². The summed E-state index contributed by atoms with van der Waals surface area (Å²) in [6.07, 6.45) is 0. The van der Waals surface area contributed by atoms with E-state index >= 15 is 0 Å². The van der Waals surface area contributed by atoms with Crippen LogP contribution in [0.5, 0.6) is 5.75 Å². The first-order valence-electron chi connectivity index (χ1n) is 8.38. The fraction of sp³-hybridized carbons (Fsp3) is 0.0500. The molecule has 3 aromatic rings. The number of benzene rings is 2. The van der Waals surface area contributed by atoms with E-state index in [1.165, 1.54) is 36.4 Å². The predicted molar refractivity (Wildman–Crippen MR) is 107 cm³/mol. The van der Waals surface area contributed by atoms with Crippen molar-refractivity contribution in [2.24, 2.45) is 0 Å². The lowest BCUT2D eigenvalue weighted by atomic mass is 9.95. The molecule has 3 rings (SSSR count). The van der Waals surface area contributed by atoms with Gasteiger partial charge in [-0.3, -0.25) is 4.79 Å². The van der Waals surface area contributed by atoms with Crippen molar-refractivity contribution in [2.45, 2.75) is 6.61 Å². The molecule has 2 aromatic carbocycles. The molecule has 5 N–H and O–H groups in total. The maximum Gasteiger partial charge on any atom is 0.342 e. The van der Waals surface area contributed by atoms with Crippen LogP contribution >= 0.6 is 11.6 Å². The highest BCUT2D eigenvalue weighted by atomic mass is 35.5. The molecule has 154 valence electrons. The van der Waals surface area contributed by atoms with Gasteiger partial charge in [-0.15, -0.1) is 0 Å². The summed E-state index contributed by atoms with van der Waals surface area (Å²) in [4.78, 5) is 37.5. The molecule has 0 aliphatic rings. The number of hydrogen-bond donors (Lipinski definition) is 4. The standard InChI is InChI=1S/C20H14ClFN2O6/c21-12-6-9(4-5-13(12)22)8-30-11-3-1-2-10(7-11)14-15(19(26)27)17(23)24-18(25)16(14)20(28)29/h1-7H,8H2,(H,26,27)(H,28,29)(H3,23,24,25). The molecular weight excluding hydrogens is 419 g/mol. The van der Waals surface area contributed by atoms with E-state index in [-0.39, 0.29) is 28.5 Å². The van der Waals surface area contributed by atoms with Crippen LogP contribution in [-0.2, 0) is 6.61 Å². The second kappa shape index (κ2) is 8.26. The number of ether oxygens (including phenoxy) is 1. The van der Waals surface area contributed by atoms with Crippen LogP contribution < -0.4 is 16.0 Å². The van der Waals surface area contributed by atoms with Crippen molar-refractivity contribution >= 4 is 29.4 Å². The Balaban J connectivity index is 2.05. The number of aromatic carboxylic acids is 2. The number of nitrogen functional groups attached to an aromatic ring is 1. The molecule has 0 aliphatic carbocycles. The third-order valence-electron chi connectivity index (χ3n) is 4.18. The summed E-state index contributed by atoms with van der Waals surface area (Å²) in [5.74, 6) is -3.91. The lowest BCUT2D eigenvalue weighted by molar-refractivity contribution is 0.0695. The Morgan fingerprint density at radius 3 is 2.43 bits per heavy atom. The summed E-state index contributed by atoms with van der Waals surface area (Å²) in [6, 6.07) is 9.90. The molecule has 10 heteroatoms. The highest BCUT2D eigenvalue weighted by Crippen LogP contribution is 2.31. The molecular formula is C20H14ClFN2O6. The monoisotopic (exact) mass is 432 g/mol. The Bertz CT molecular complexity index is 1220. The number of nitrogens with one attached hydrogen (secondary N) is 1. The van der Waals surface area contributed by atoms with Crippen LogP contribution in [0.15, 0.2) is 47.3 Å². The molecule has 0 fully saturated rings. The minimum Gasteiger partial charge on any atom is -0.489 e. The van der Waals surface area contributed by atoms with E-state index in [0.717, 1.165) is 0 Å². The highest BCUT2D eigenvalue weighted by Gasteiger charge is 2.26. The number of aromatic nitrogens is 1. The number of carbonyl (C=O) groups is 2. The molecule has 0 aliphatic heterocycles. The Kier molecular flexibility index (Phi) is 5.74. The van der Waals surface area contributed by atoms with Crippen LogP contribution in [0.3, 0.4) is 0 Å². The van der Waals surface area contributed by atoms with Crippen LogP contribution in [0.2, 0.25) is 5.02 Å². The fourth-order valence-corrected chi connectivity index (χ4v) is 3.08. The maximum atomic E-state index is 13.3. The number of pyridine rings is 1. The fourth-order valence-electron chi connectivity index (χ4n) is 2.87. The number of carboxylic acids is 2. The van der Waals surface area contributed by atoms with Gasteiger partial charge in [-0.2, -0.15) is 0 Å². The van der Waals surface area contributed by atoms with Crippen LogP contribution in [-0.4, -0.2) is 27.1 Å². The third kappa shape index (κ3) is 4.11. The molecule has 1 heterocycles. The van der Waals surface area contributed by atoms with Crippen LogP contribution in [0, 0.1) is 5.82 Å². The quantitative estimate of drug-likeness (QED) is 0.467. The van der Waals surface area contributed by atoms with E-state index in [9.17, 15) is 29.0 Å². The van der Waals surface area contributed by atoms with Gasteiger partial charge in [0.15, 0.2) is 0 Å². The van der Waals surface area contributed by atoms with Gasteiger partial charge in [-0.25, -0.2) is 14.0 Å². The molecule has 1 aromatic heterocycles. The van der Waals surface area contributed by atoms with Crippen molar-refractivity contribution in [2.75, 3.05) is 5.73 Å². The SMILES string of the molecule is Nc1[nH]c(=O)c(C(=O)O)c(-c2cccc(OCc3ccc(F)c(Cl)c3)c2)c1C(=O)O. The van der Waals surface area contributed by atoms with Gasteiger partial charge in [0.05, 0.1) is 5.02 Å². The van der Waals surface area contributed by atoms with Gasteiger partial charge in [0.2, 0.25) is 0 Å². The van der Waals surface area contributed by atoms with Gasteiger partial charge in [0, 0.05) is 5.56 Å². The molecule has 8 nitrogen and oxygen atoms in total. The largest absolute Gasteiger partial charge is 0.489 e. The zero-order valence-corrected chi connectivity index (χ0v) is 15.9.